The van der Waals surface area contributed by atoms with Crippen LogP contribution in [-0.2, 0) is 41.4 Å². The zero-order valence-corrected chi connectivity index (χ0v) is 37.4. The lowest BCUT2D eigenvalue weighted by molar-refractivity contribution is -0.0664. The van der Waals surface area contributed by atoms with Gasteiger partial charge in [-0.1, -0.05) is 36.4 Å². The third-order valence-corrected chi connectivity index (χ3v) is 12.9. The Morgan fingerprint density at radius 1 is 0.750 bits per heavy atom. The molecule has 2 aromatic carbocycles. The highest BCUT2D eigenvalue weighted by atomic mass is 31.2. The van der Waals surface area contributed by atoms with Crippen molar-refractivity contribution in [1.29, 1.82) is 0 Å². The smallest absolute Gasteiger partial charge is 0.438 e. The Labute approximate surface area is 383 Å². The first kappa shape index (κ1) is 46.9. The summed E-state index contributed by atoms with van der Waals surface area (Å²) in [6.07, 6.45) is -10.7. The van der Waals surface area contributed by atoms with Gasteiger partial charge in [-0.2, -0.15) is 0 Å². The minimum atomic E-state index is -5.32. The number of benzene rings is 2. The Hall–Kier alpha value is -6.22. The van der Waals surface area contributed by atoms with Crippen molar-refractivity contribution in [1.82, 2.24) is 49.3 Å². The van der Waals surface area contributed by atoms with Crippen LogP contribution in [0.2, 0.25) is 0 Å². The molecule has 4 aromatic heterocycles. The third-order valence-electron chi connectivity index (χ3n) is 10.9. The summed E-state index contributed by atoms with van der Waals surface area (Å²) in [5.74, 6) is -1.07. The molecule has 29 heteroatoms. The van der Waals surface area contributed by atoms with Crippen molar-refractivity contribution in [2.45, 2.75) is 49.1 Å². The number of aromatic nitrogens is 8. The van der Waals surface area contributed by atoms with Crippen molar-refractivity contribution >= 4 is 67.5 Å². The third kappa shape index (κ3) is 9.72. The van der Waals surface area contributed by atoms with Crippen LogP contribution in [0.5, 0.6) is 0 Å². The largest absolute Gasteiger partial charge is 0.472 e. The monoisotopic (exact) mass is 982 g/mol. The van der Waals surface area contributed by atoms with E-state index in [4.69, 9.17) is 32.3 Å². The number of anilines is 2. The molecule has 3 aliphatic heterocycles. The minimum Gasteiger partial charge on any atom is -0.438 e. The molecule has 3 fully saturated rings. The molecule has 10 atom stereocenters. The number of nitrogens with one attached hydrogen (secondary N) is 3. The van der Waals surface area contributed by atoms with Crippen LogP contribution in [0, 0.1) is 0 Å². The minimum absolute atomic E-state index is 0.00796. The molecule has 0 spiro atoms. The molecule has 2 unspecified atom stereocenters. The normalized spacial score (nSPS) is 28.5. The number of fused-ring (bicyclic) bond motifs is 4. The number of alkyl halides is 1. The van der Waals surface area contributed by atoms with E-state index in [1.807, 2.05) is 0 Å². The molecule has 7 heterocycles. The topological polar surface area (TPSA) is 317 Å². The van der Waals surface area contributed by atoms with Gasteiger partial charge in [0.2, 0.25) is 0 Å². The summed E-state index contributed by atoms with van der Waals surface area (Å²) in [5.41, 5.74) is 0.711. The maximum absolute atomic E-state index is 16.6. The Morgan fingerprint density at radius 3 is 1.76 bits per heavy atom. The van der Waals surface area contributed by atoms with Crippen LogP contribution in [0.3, 0.4) is 0 Å². The summed E-state index contributed by atoms with van der Waals surface area (Å²) in [5, 5.41) is 8.21. The first-order chi connectivity index (χ1) is 32.7. The number of rotatable bonds is 10. The Bertz CT molecular complexity index is 2920. The van der Waals surface area contributed by atoms with Crippen LogP contribution >= 0.6 is 15.6 Å². The second kappa shape index (κ2) is 19.4. The van der Waals surface area contributed by atoms with Crippen LogP contribution in [0.1, 0.15) is 33.2 Å². The Kier molecular flexibility index (Phi) is 13.4. The SMILES string of the molecule is CNCCN(C)C(=O)O[C@@H]1[C@@H]2OP(=O)(O)OC[C@H]3O[C@@H](n4cnc5c(NC(=O)c6ccccc6)ncnc54)[C@H](F)[C@@H]3OP(=O)(O)OC[C@H]2O[C@H]1n1cnc2c(NC(=O)c3ccccc3)ncnc21. The molecule has 0 aliphatic carbocycles. The highest BCUT2D eigenvalue weighted by Gasteiger charge is 2.56. The lowest BCUT2D eigenvalue weighted by Gasteiger charge is -2.29. The van der Waals surface area contributed by atoms with Crippen molar-refractivity contribution in [3.63, 3.8) is 0 Å². The highest BCUT2D eigenvalue weighted by Crippen LogP contribution is 2.54. The summed E-state index contributed by atoms with van der Waals surface area (Å²) < 4.78 is 86.4. The van der Waals surface area contributed by atoms with Crippen LogP contribution in [0.25, 0.3) is 22.3 Å². The molecule has 0 radical (unpaired) electrons. The van der Waals surface area contributed by atoms with Gasteiger partial charge in [-0.15, -0.1) is 0 Å². The Balaban J connectivity index is 0.992. The van der Waals surface area contributed by atoms with Crippen LogP contribution < -0.4 is 16.0 Å². The first-order valence-electron chi connectivity index (χ1n) is 20.6. The fraction of sp³-hybridized carbons (Fsp3) is 0.359. The van der Waals surface area contributed by atoms with Crippen molar-refractivity contribution in [2.75, 3.05) is 51.0 Å². The summed E-state index contributed by atoms with van der Waals surface area (Å²) in [6, 6.07) is 16.5. The van der Waals surface area contributed by atoms with Gasteiger partial charge in [-0.05, 0) is 31.3 Å². The number of carbonyl (C=O) groups is 3. The Morgan fingerprint density at radius 2 is 1.24 bits per heavy atom. The number of hydrogen-bond donors (Lipinski definition) is 5. The molecule has 26 nitrogen and oxygen atoms in total. The van der Waals surface area contributed by atoms with Gasteiger partial charge in [0.25, 0.3) is 11.8 Å². The molecular formula is C39H41FN12O14P2. The summed E-state index contributed by atoms with van der Waals surface area (Å²) in [6.45, 7) is -1.42. The number of imidazole rings is 2. The lowest BCUT2D eigenvalue weighted by Crippen LogP contribution is -2.43. The highest BCUT2D eigenvalue weighted by molar-refractivity contribution is 7.47. The average molecular weight is 983 g/mol. The predicted octanol–water partition coefficient (Wildman–Crippen LogP) is 2.98. The molecule has 3 aliphatic rings. The second-order valence-corrected chi connectivity index (χ2v) is 18.2. The number of phosphoric acid groups is 2. The van der Waals surface area contributed by atoms with E-state index < -0.39 is 95.9 Å². The van der Waals surface area contributed by atoms with E-state index in [0.29, 0.717) is 17.7 Å². The van der Waals surface area contributed by atoms with Gasteiger partial charge in [0, 0.05) is 31.3 Å². The van der Waals surface area contributed by atoms with Gasteiger partial charge < -0.3 is 44.8 Å². The number of carbonyl (C=O) groups excluding carboxylic acids is 3. The van der Waals surface area contributed by atoms with Crippen LogP contribution in [0.15, 0.2) is 86.0 Å². The standard InChI is InChI=1S/C39H41FN12O14P2/c1-41-13-14-50(2)39(55)64-30-29-24(63-38(30)52-20-47-27-32(43-18-45-34(27)52)49-36(54)22-11-7-4-8-12-22)16-61-67(56,57)65-28-23(15-60-68(58,59)66-29)62-37(25(28)40)51-19-46-26-31(42-17-44-33(26)51)48-35(53)21-9-5-3-6-10-21/h3-12,17-20,23-25,28-30,37-38,41H,13-16H2,1-2H3,(H,56,57)(H,58,59)(H,42,44,48,53)(H,43,45,49,54)/t23-,24-,25-,28-,29-,30-,37-,38-/m1/s1. The van der Waals surface area contributed by atoms with Gasteiger partial charge in [-0.25, -0.2) is 48.2 Å². The zero-order chi connectivity index (χ0) is 47.7. The van der Waals surface area contributed by atoms with Gasteiger partial charge >= 0.3 is 21.7 Å². The fourth-order valence-corrected chi connectivity index (χ4v) is 9.49. The number of amides is 3. The van der Waals surface area contributed by atoms with Crippen LogP contribution in [0.4, 0.5) is 20.8 Å². The molecule has 9 rings (SSSR count). The zero-order valence-electron chi connectivity index (χ0n) is 35.6. The van der Waals surface area contributed by atoms with Gasteiger partial charge in [0.1, 0.15) is 37.1 Å². The molecule has 6 aromatic rings. The van der Waals surface area contributed by atoms with E-state index in [0.717, 1.165) is 23.5 Å². The quantitative estimate of drug-likeness (QED) is 0.123. The van der Waals surface area contributed by atoms with E-state index >= 15 is 4.39 Å². The lowest BCUT2D eigenvalue weighted by atomic mass is 10.1. The maximum atomic E-state index is 16.6. The summed E-state index contributed by atoms with van der Waals surface area (Å²) in [4.78, 5) is 88.5. The average Bonchev–Trinajstić information content (AvgIpc) is 4.11. The van der Waals surface area contributed by atoms with Crippen molar-refractivity contribution in [3.8, 4) is 0 Å². The van der Waals surface area contributed by atoms with Crippen LogP contribution in [-0.4, -0.2) is 149 Å². The molecule has 68 heavy (non-hydrogen) atoms. The van der Waals surface area contributed by atoms with E-state index in [9.17, 15) is 33.3 Å². The van der Waals surface area contributed by atoms with Gasteiger partial charge in [0.15, 0.2) is 58.7 Å². The number of phosphoric ester groups is 2. The molecule has 0 bridgehead atoms. The van der Waals surface area contributed by atoms with E-state index in [1.165, 1.54) is 22.8 Å². The molecule has 3 saturated heterocycles. The van der Waals surface area contributed by atoms with E-state index in [-0.39, 0.29) is 40.5 Å². The number of halogens is 1. The molecular weight excluding hydrogens is 941 g/mol. The van der Waals surface area contributed by atoms with Gasteiger partial charge in [0.05, 0.1) is 25.9 Å². The van der Waals surface area contributed by atoms with E-state index in [2.05, 4.69) is 45.9 Å². The number of likely N-dealkylation sites (N-methyl/N-ethyl adjacent to an activating group) is 2. The van der Waals surface area contributed by atoms with E-state index in [1.54, 1.807) is 67.7 Å². The van der Waals surface area contributed by atoms with Gasteiger partial charge in [-0.3, -0.25) is 36.8 Å². The first-order valence-corrected chi connectivity index (χ1v) is 23.6. The summed E-state index contributed by atoms with van der Waals surface area (Å²) in [7, 11) is -7.54. The molecule has 3 amide bonds. The molecule has 5 N–H and O–H groups in total. The van der Waals surface area contributed by atoms with Crippen molar-refractivity contribution < 1.29 is 70.0 Å². The predicted molar refractivity (Wildman–Crippen MR) is 230 cm³/mol. The molecule has 358 valence electrons. The van der Waals surface area contributed by atoms with Crippen molar-refractivity contribution in [2.24, 2.45) is 0 Å². The maximum Gasteiger partial charge on any atom is 0.472 e. The fourth-order valence-electron chi connectivity index (χ4n) is 7.58. The molecule has 0 saturated carbocycles. The number of hydrogen-bond acceptors (Lipinski definition) is 19. The summed E-state index contributed by atoms with van der Waals surface area (Å²) >= 11 is 0. The number of nitrogens with zero attached hydrogens (tertiary/aromatic N) is 9. The van der Waals surface area contributed by atoms with Crippen molar-refractivity contribution in [3.05, 3.63) is 97.1 Å². The number of ether oxygens (including phenoxy) is 3. The second-order valence-electron chi connectivity index (χ2n) is 15.3.